The van der Waals surface area contributed by atoms with Crippen LogP contribution in [0.5, 0.6) is 0 Å². The highest BCUT2D eigenvalue weighted by atomic mass is 35.5. The lowest BCUT2D eigenvalue weighted by Crippen LogP contribution is -2.00. The number of hydrogen-bond donors (Lipinski definition) is 1. The summed E-state index contributed by atoms with van der Waals surface area (Å²) in [6.45, 7) is 0.398. The maximum Gasteiger partial charge on any atom is 0.0671 e. The molecule has 14 heavy (non-hydrogen) atoms. The van der Waals surface area contributed by atoms with E-state index in [2.05, 4.69) is 4.98 Å². The molecule has 0 saturated carbocycles. The molecular weight excluding hydrogens is 219 g/mol. The van der Waals surface area contributed by atoms with E-state index in [0.29, 0.717) is 16.6 Å². The van der Waals surface area contributed by atoms with Crippen LogP contribution in [0, 0.1) is 0 Å². The highest BCUT2D eigenvalue weighted by Gasteiger charge is 2.06. The minimum Gasteiger partial charge on any atom is -0.325 e. The molecule has 0 aliphatic carbocycles. The zero-order chi connectivity index (χ0) is 10.1. The van der Waals surface area contributed by atoms with Gasteiger partial charge in [0.1, 0.15) is 0 Å². The van der Waals surface area contributed by atoms with Crippen LogP contribution in [0.4, 0.5) is 0 Å². The second kappa shape index (κ2) is 3.73. The highest BCUT2D eigenvalue weighted by molar-refractivity contribution is 6.45. The summed E-state index contributed by atoms with van der Waals surface area (Å²) in [6.07, 6.45) is 1.69. The van der Waals surface area contributed by atoms with Crippen molar-refractivity contribution >= 4 is 34.0 Å². The molecule has 0 atom stereocenters. The summed E-state index contributed by atoms with van der Waals surface area (Å²) >= 11 is 12.0. The van der Waals surface area contributed by atoms with Crippen molar-refractivity contribution in [2.75, 3.05) is 0 Å². The quantitative estimate of drug-likeness (QED) is 0.813. The van der Waals surface area contributed by atoms with Gasteiger partial charge in [-0.1, -0.05) is 29.3 Å². The lowest BCUT2D eigenvalue weighted by molar-refractivity contribution is 1.01. The summed E-state index contributed by atoms with van der Waals surface area (Å²) < 4.78 is 0. The third-order valence-electron chi connectivity index (χ3n) is 2.11. The fourth-order valence-electron chi connectivity index (χ4n) is 1.41. The standard InChI is InChI=1S/C10H8Cl2N2/c11-8-2-1-6-7(10(8)12)3-4-14-9(6)5-13/h1-4H,5,13H2. The van der Waals surface area contributed by atoms with Crippen LogP contribution in [0.15, 0.2) is 24.4 Å². The second-order valence-corrected chi connectivity index (χ2v) is 3.70. The van der Waals surface area contributed by atoms with Gasteiger partial charge in [-0.15, -0.1) is 0 Å². The number of benzene rings is 1. The third kappa shape index (κ3) is 1.46. The number of fused-ring (bicyclic) bond motifs is 1. The van der Waals surface area contributed by atoms with Crippen LogP contribution in [0.1, 0.15) is 5.69 Å². The van der Waals surface area contributed by atoms with Gasteiger partial charge in [0.15, 0.2) is 0 Å². The molecule has 72 valence electrons. The Morgan fingerprint density at radius 1 is 1.14 bits per heavy atom. The van der Waals surface area contributed by atoms with E-state index in [1.807, 2.05) is 12.1 Å². The van der Waals surface area contributed by atoms with E-state index >= 15 is 0 Å². The molecule has 0 aliphatic heterocycles. The van der Waals surface area contributed by atoms with Crippen molar-refractivity contribution in [3.05, 3.63) is 40.1 Å². The number of rotatable bonds is 1. The molecule has 1 aromatic heterocycles. The lowest BCUT2D eigenvalue weighted by Gasteiger charge is -2.05. The average Bonchev–Trinajstić information content (AvgIpc) is 2.23. The molecule has 2 aromatic rings. The van der Waals surface area contributed by atoms with Crippen molar-refractivity contribution in [3.63, 3.8) is 0 Å². The summed E-state index contributed by atoms with van der Waals surface area (Å²) in [5.74, 6) is 0. The van der Waals surface area contributed by atoms with Crippen LogP contribution in [0.25, 0.3) is 10.8 Å². The van der Waals surface area contributed by atoms with Crippen molar-refractivity contribution < 1.29 is 0 Å². The number of hydrogen-bond acceptors (Lipinski definition) is 2. The van der Waals surface area contributed by atoms with Gasteiger partial charge in [-0.3, -0.25) is 4.98 Å². The smallest absolute Gasteiger partial charge is 0.0671 e. The molecule has 2 N–H and O–H groups in total. The number of pyridine rings is 1. The Bertz CT molecular complexity index is 483. The van der Waals surface area contributed by atoms with Gasteiger partial charge in [0.25, 0.3) is 0 Å². The summed E-state index contributed by atoms with van der Waals surface area (Å²) in [5.41, 5.74) is 6.40. The van der Waals surface area contributed by atoms with Crippen molar-refractivity contribution in [1.29, 1.82) is 0 Å². The van der Waals surface area contributed by atoms with Gasteiger partial charge in [-0.05, 0) is 12.1 Å². The molecule has 2 nitrogen and oxygen atoms in total. The van der Waals surface area contributed by atoms with E-state index in [1.54, 1.807) is 12.3 Å². The van der Waals surface area contributed by atoms with Crippen molar-refractivity contribution in [2.45, 2.75) is 6.54 Å². The molecule has 0 unspecified atom stereocenters. The van der Waals surface area contributed by atoms with Crippen LogP contribution in [-0.2, 0) is 6.54 Å². The van der Waals surface area contributed by atoms with Gasteiger partial charge >= 0.3 is 0 Å². The first-order valence-electron chi connectivity index (χ1n) is 4.15. The van der Waals surface area contributed by atoms with Crippen LogP contribution in [0.2, 0.25) is 10.0 Å². The minimum atomic E-state index is 0.398. The number of aromatic nitrogens is 1. The first-order valence-corrected chi connectivity index (χ1v) is 4.91. The molecule has 0 fully saturated rings. The first kappa shape index (κ1) is 9.71. The Morgan fingerprint density at radius 2 is 1.93 bits per heavy atom. The minimum absolute atomic E-state index is 0.398. The summed E-state index contributed by atoms with van der Waals surface area (Å²) in [7, 11) is 0. The number of nitrogens with two attached hydrogens (primary N) is 1. The van der Waals surface area contributed by atoms with Crippen LogP contribution >= 0.6 is 23.2 Å². The first-order chi connectivity index (χ1) is 6.74. The highest BCUT2D eigenvalue weighted by Crippen LogP contribution is 2.31. The zero-order valence-electron chi connectivity index (χ0n) is 7.30. The molecule has 0 bridgehead atoms. The maximum absolute atomic E-state index is 6.05. The van der Waals surface area contributed by atoms with Gasteiger partial charge < -0.3 is 5.73 Å². The molecule has 2 rings (SSSR count). The molecular formula is C10H8Cl2N2. The molecule has 1 aromatic carbocycles. The summed E-state index contributed by atoms with van der Waals surface area (Å²) in [4.78, 5) is 4.17. The fraction of sp³-hybridized carbons (Fsp3) is 0.100. The maximum atomic E-state index is 6.05. The Hall–Kier alpha value is -0.830. The van der Waals surface area contributed by atoms with Crippen molar-refractivity contribution in [2.24, 2.45) is 5.73 Å². The summed E-state index contributed by atoms with van der Waals surface area (Å²) in [6, 6.07) is 5.48. The van der Waals surface area contributed by atoms with E-state index in [-0.39, 0.29) is 0 Å². The Morgan fingerprint density at radius 3 is 2.64 bits per heavy atom. The van der Waals surface area contributed by atoms with E-state index < -0.39 is 0 Å². The van der Waals surface area contributed by atoms with Crippen LogP contribution in [-0.4, -0.2) is 4.98 Å². The van der Waals surface area contributed by atoms with Crippen molar-refractivity contribution in [1.82, 2.24) is 4.98 Å². The van der Waals surface area contributed by atoms with E-state index in [1.165, 1.54) is 0 Å². The zero-order valence-corrected chi connectivity index (χ0v) is 8.81. The predicted molar refractivity (Wildman–Crippen MR) is 59.7 cm³/mol. The van der Waals surface area contributed by atoms with Gasteiger partial charge in [-0.2, -0.15) is 0 Å². The predicted octanol–water partition coefficient (Wildman–Crippen LogP) is 3.00. The molecule has 0 aliphatic rings. The topological polar surface area (TPSA) is 38.9 Å². The monoisotopic (exact) mass is 226 g/mol. The lowest BCUT2D eigenvalue weighted by atomic mass is 10.1. The molecule has 1 heterocycles. The second-order valence-electron chi connectivity index (χ2n) is 2.92. The Balaban J connectivity index is 2.86. The molecule has 0 spiro atoms. The molecule has 4 heteroatoms. The van der Waals surface area contributed by atoms with Gasteiger partial charge in [0, 0.05) is 23.5 Å². The normalized spacial score (nSPS) is 10.8. The van der Waals surface area contributed by atoms with Gasteiger partial charge in [0.05, 0.1) is 15.7 Å². The molecule has 0 amide bonds. The largest absolute Gasteiger partial charge is 0.325 e. The number of halogens is 2. The Kier molecular flexibility index (Phi) is 2.59. The molecule has 0 radical (unpaired) electrons. The number of nitrogens with zero attached hydrogens (tertiary/aromatic N) is 1. The van der Waals surface area contributed by atoms with Gasteiger partial charge in [-0.25, -0.2) is 0 Å². The average molecular weight is 227 g/mol. The molecule has 0 saturated heterocycles. The van der Waals surface area contributed by atoms with Crippen molar-refractivity contribution in [3.8, 4) is 0 Å². The third-order valence-corrected chi connectivity index (χ3v) is 2.93. The van der Waals surface area contributed by atoms with E-state index in [9.17, 15) is 0 Å². The summed E-state index contributed by atoms with van der Waals surface area (Å²) in [5, 5.41) is 2.97. The van der Waals surface area contributed by atoms with E-state index in [0.717, 1.165) is 16.5 Å². The SMILES string of the molecule is NCc1nccc2c(Cl)c(Cl)ccc12. The van der Waals surface area contributed by atoms with E-state index in [4.69, 9.17) is 28.9 Å². The van der Waals surface area contributed by atoms with Crippen LogP contribution in [0.3, 0.4) is 0 Å². The Labute approximate surface area is 91.6 Å². The van der Waals surface area contributed by atoms with Crippen LogP contribution < -0.4 is 5.73 Å². The fourth-order valence-corrected chi connectivity index (χ4v) is 1.81. The van der Waals surface area contributed by atoms with Gasteiger partial charge in [0.2, 0.25) is 0 Å².